The third-order valence-corrected chi connectivity index (χ3v) is 3.84. The number of fused-ring (bicyclic) bond motifs is 2. The predicted octanol–water partition coefficient (Wildman–Crippen LogP) is 2.17. The van der Waals surface area contributed by atoms with Crippen LogP contribution < -0.4 is 11.1 Å². The maximum Gasteiger partial charge on any atom is 0.407 e. The van der Waals surface area contributed by atoms with Crippen molar-refractivity contribution >= 4 is 6.09 Å². The van der Waals surface area contributed by atoms with Gasteiger partial charge in [-0.25, -0.2) is 4.79 Å². The van der Waals surface area contributed by atoms with E-state index in [1.54, 1.807) is 0 Å². The van der Waals surface area contributed by atoms with Gasteiger partial charge in [0.1, 0.15) is 5.60 Å². The number of hydrogen-bond donors (Lipinski definition) is 2. The van der Waals surface area contributed by atoms with Crippen LogP contribution in [0, 0.1) is 5.41 Å². The maximum absolute atomic E-state index is 11.6. The van der Waals surface area contributed by atoms with Gasteiger partial charge >= 0.3 is 6.09 Å². The Bertz CT molecular complexity index is 314. The van der Waals surface area contributed by atoms with E-state index in [0.717, 1.165) is 19.3 Å². The molecule has 0 spiro atoms. The number of nitrogens with two attached hydrogens (primary N) is 1. The van der Waals surface area contributed by atoms with E-state index < -0.39 is 5.60 Å². The van der Waals surface area contributed by atoms with Gasteiger partial charge in [0.15, 0.2) is 0 Å². The quantitative estimate of drug-likeness (QED) is 0.777. The first-order chi connectivity index (χ1) is 7.72. The lowest BCUT2D eigenvalue weighted by molar-refractivity contribution is -0.0300. The fourth-order valence-corrected chi connectivity index (χ4v) is 3.40. The molecule has 0 aromatic carbocycles. The minimum Gasteiger partial charge on any atom is -0.444 e. The summed E-state index contributed by atoms with van der Waals surface area (Å²) in [5.74, 6) is 0. The van der Waals surface area contributed by atoms with Crippen LogP contribution in [0.3, 0.4) is 0 Å². The minimum atomic E-state index is -0.425. The zero-order valence-electron chi connectivity index (χ0n) is 11.1. The van der Waals surface area contributed by atoms with Crippen molar-refractivity contribution in [1.29, 1.82) is 0 Å². The Morgan fingerprint density at radius 2 is 2.00 bits per heavy atom. The molecule has 0 aliphatic heterocycles. The Kier molecular flexibility index (Phi) is 2.89. The SMILES string of the molecule is CC(C)(C)OC(=O)NCC12CCCC(N)(C1)C2. The molecule has 3 N–H and O–H groups in total. The Labute approximate surface area is 103 Å². The summed E-state index contributed by atoms with van der Waals surface area (Å²) in [7, 11) is 0. The molecule has 0 atom stereocenters. The van der Waals surface area contributed by atoms with Crippen molar-refractivity contribution in [3.8, 4) is 0 Å². The largest absolute Gasteiger partial charge is 0.444 e. The highest BCUT2D eigenvalue weighted by Gasteiger charge is 2.54. The van der Waals surface area contributed by atoms with Crippen LogP contribution in [0.1, 0.15) is 52.9 Å². The molecule has 0 aromatic heterocycles. The van der Waals surface area contributed by atoms with Gasteiger partial charge in [-0.05, 0) is 51.9 Å². The smallest absolute Gasteiger partial charge is 0.407 e. The Morgan fingerprint density at radius 3 is 2.53 bits per heavy atom. The summed E-state index contributed by atoms with van der Waals surface area (Å²) in [6.07, 6.45) is 5.30. The third kappa shape index (κ3) is 2.92. The van der Waals surface area contributed by atoms with E-state index >= 15 is 0 Å². The monoisotopic (exact) mass is 240 g/mol. The second kappa shape index (κ2) is 3.87. The maximum atomic E-state index is 11.6. The molecule has 0 unspecified atom stereocenters. The summed E-state index contributed by atoms with van der Waals surface area (Å²) in [5.41, 5.74) is 6.09. The average molecular weight is 240 g/mol. The fraction of sp³-hybridized carbons (Fsp3) is 0.923. The van der Waals surface area contributed by atoms with Crippen molar-refractivity contribution in [1.82, 2.24) is 5.32 Å². The molecule has 4 heteroatoms. The summed E-state index contributed by atoms with van der Waals surface area (Å²) in [4.78, 5) is 11.6. The fourth-order valence-electron chi connectivity index (χ4n) is 3.40. The number of hydrogen-bond acceptors (Lipinski definition) is 3. The Hall–Kier alpha value is -0.770. The molecule has 0 heterocycles. The van der Waals surface area contributed by atoms with Crippen LogP contribution in [0.2, 0.25) is 0 Å². The molecular formula is C13H24N2O2. The zero-order chi connectivity index (χ0) is 12.7. The van der Waals surface area contributed by atoms with Gasteiger partial charge in [-0.3, -0.25) is 0 Å². The molecule has 3 fully saturated rings. The van der Waals surface area contributed by atoms with Gasteiger partial charge in [0.05, 0.1) is 0 Å². The van der Waals surface area contributed by atoms with E-state index in [9.17, 15) is 4.79 Å². The van der Waals surface area contributed by atoms with Gasteiger partial charge < -0.3 is 15.8 Å². The average Bonchev–Trinajstić information content (AvgIpc) is 2.10. The van der Waals surface area contributed by atoms with Gasteiger partial charge in [0, 0.05) is 12.1 Å². The molecule has 3 aliphatic rings. The standard InChI is InChI=1S/C13H24N2O2/c1-11(2,3)17-10(16)15-9-12-5-4-6-13(14,7-12)8-12/h4-9,14H2,1-3H3,(H,15,16). The predicted molar refractivity (Wildman–Crippen MR) is 66.7 cm³/mol. The number of nitrogens with one attached hydrogen (secondary N) is 1. The van der Waals surface area contributed by atoms with Gasteiger partial charge in [-0.2, -0.15) is 0 Å². The van der Waals surface area contributed by atoms with Crippen molar-refractivity contribution in [3.05, 3.63) is 0 Å². The van der Waals surface area contributed by atoms with Crippen molar-refractivity contribution in [3.63, 3.8) is 0 Å². The van der Waals surface area contributed by atoms with Gasteiger partial charge in [-0.1, -0.05) is 6.42 Å². The number of carbonyl (C=O) groups excluding carboxylic acids is 1. The zero-order valence-corrected chi connectivity index (χ0v) is 11.1. The molecular weight excluding hydrogens is 216 g/mol. The number of alkyl carbamates (subject to hydrolysis) is 1. The van der Waals surface area contributed by atoms with Crippen LogP contribution in [0.25, 0.3) is 0 Å². The molecule has 98 valence electrons. The molecule has 1 amide bonds. The molecule has 0 aromatic rings. The second-order valence-electron chi connectivity index (χ2n) is 6.92. The van der Waals surface area contributed by atoms with E-state index in [4.69, 9.17) is 10.5 Å². The molecule has 17 heavy (non-hydrogen) atoms. The van der Waals surface area contributed by atoms with Crippen molar-refractivity contribution in [2.24, 2.45) is 11.1 Å². The molecule has 2 bridgehead atoms. The lowest BCUT2D eigenvalue weighted by Crippen LogP contribution is -2.64. The topological polar surface area (TPSA) is 64.3 Å². The normalized spacial score (nSPS) is 36.0. The van der Waals surface area contributed by atoms with Gasteiger partial charge in [0.2, 0.25) is 0 Å². The summed E-state index contributed by atoms with van der Waals surface area (Å²) >= 11 is 0. The third-order valence-electron chi connectivity index (χ3n) is 3.84. The first kappa shape index (κ1) is 12.7. The highest BCUT2D eigenvalue weighted by Crippen LogP contribution is 2.56. The highest BCUT2D eigenvalue weighted by atomic mass is 16.6. The lowest BCUT2D eigenvalue weighted by atomic mass is 9.50. The van der Waals surface area contributed by atoms with Crippen LogP contribution in [0.5, 0.6) is 0 Å². The summed E-state index contributed by atoms with van der Waals surface area (Å²) in [6, 6.07) is 0. The van der Waals surface area contributed by atoms with Crippen LogP contribution in [0.4, 0.5) is 4.79 Å². The van der Waals surface area contributed by atoms with Crippen LogP contribution in [-0.4, -0.2) is 23.8 Å². The number of carbonyl (C=O) groups is 1. The van der Waals surface area contributed by atoms with Crippen LogP contribution in [-0.2, 0) is 4.74 Å². The van der Waals surface area contributed by atoms with Crippen molar-refractivity contribution in [2.45, 2.75) is 64.0 Å². The van der Waals surface area contributed by atoms with Gasteiger partial charge in [-0.15, -0.1) is 0 Å². The summed E-state index contributed by atoms with van der Waals surface area (Å²) in [5, 5.41) is 2.89. The first-order valence-electron chi connectivity index (χ1n) is 6.48. The van der Waals surface area contributed by atoms with Crippen LogP contribution >= 0.6 is 0 Å². The van der Waals surface area contributed by atoms with E-state index in [2.05, 4.69) is 5.32 Å². The number of amides is 1. The number of ether oxygens (including phenoxy) is 1. The Balaban J connectivity index is 1.78. The van der Waals surface area contributed by atoms with Crippen LogP contribution in [0.15, 0.2) is 0 Å². The molecule has 4 nitrogen and oxygen atoms in total. The van der Waals surface area contributed by atoms with E-state index in [1.165, 1.54) is 12.8 Å². The summed E-state index contributed by atoms with van der Waals surface area (Å²) < 4.78 is 5.23. The van der Waals surface area contributed by atoms with E-state index in [0.29, 0.717) is 6.54 Å². The minimum absolute atomic E-state index is 0.0634. The first-order valence-corrected chi connectivity index (χ1v) is 6.48. The van der Waals surface area contributed by atoms with Crippen molar-refractivity contribution < 1.29 is 9.53 Å². The number of rotatable bonds is 2. The molecule has 0 saturated heterocycles. The van der Waals surface area contributed by atoms with E-state index in [-0.39, 0.29) is 17.0 Å². The Morgan fingerprint density at radius 1 is 1.35 bits per heavy atom. The molecule has 3 rings (SSSR count). The lowest BCUT2D eigenvalue weighted by Gasteiger charge is -2.59. The summed E-state index contributed by atoms with van der Waals surface area (Å²) in [6.45, 7) is 6.33. The molecule has 3 aliphatic carbocycles. The highest BCUT2D eigenvalue weighted by molar-refractivity contribution is 5.67. The molecule has 3 saturated carbocycles. The van der Waals surface area contributed by atoms with Gasteiger partial charge in [0.25, 0.3) is 0 Å². The molecule has 0 radical (unpaired) electrons. The second-order valence-corrected chi connectivity index (χ2v) is 6.92. The van der Waals surface area contributed by atoms with E-state index in [1.807, 2.05) is 20.8 Å². The van der Waals surface area contributed by atoms with Crippen molar-refractivity contribution in [2.75, 3.05) is 6.54 Å².